The quantitative estimate of drug-likeness (QED) is 0.0142. The van der Waals surface area contributed by atoms with Gasteiger partial charge in [0.25, 0.3) is 0 Å². The summed E-state index contributed by atoms with van der Waals surface area (Å²) in [7, 11) is -10.9. The van der Waals surface area contributed by atoms with Gasteiger partial charge in [0.2, 0.25) is 0 Å². The monoisotopic (exact) mass is 935 g/mol. The van der Waals surface area contributed by atoms with Gasteiger partial charge in [0.05, 0.1) is 19.3 Å². The molecule has 21 heteroatoms. The number of hydrogen-bond donors (Lipinski definition) is 6. The second-order valence-electron chi connectivity index (χ2n) is 15.8. The zero-order valence-corrected chi connectivity index (χ0v) is 38.7. The van der Waals surface area contributed by atoms with Crippen molar-refractivity contribution >= 4 is 33.4 Å². The largest absolute Gasteiger partial charge is 0.481 e. The number of phosphoric ester groups is 2. The molecule has 2 rings (SSSR count). The lowest BCUT2D eigenvalue weighted by molar-refractivity contribution is -0.161. The topological polar surface area (TPSA) is 286 Å². The lowest BCUT2D eigenvalue weighted by atomic mass is 10.0. The molecule has 1 saturated heterocycles. The van der Waals surface area contributed by atoms with Crippen LogP contribution in [0.1, 0.15) is 136 Å². The molecule has 360 valence electrons. The average molecular weight is 936 g/mol. The predicted octanol–water partition coefficient (Wildman–Crippen LogP) is 6.49. The summed E-state index contributed by atoms with van der Waals surface area (Å²) in [5.74, 6) is -0.738. The number of carbonyl (C=O) groups excluding carboxylic acids is 2. The minimum atomic E-state index is -5.43. The Morgan fingerprint density at radius 3 is 2.13 bits per heavy atom. The molecule has 2 heterocycles. The molecule has 0 radical (unpaired) electrons. The first-order chi connectivity index (χ1) is 29.9. The second-order valence-corrected chi connectivity index (χ2v) is 18.9. The molecule has 8 atom stereocenters. The minimum absolute atomic E-state index is 0.0266. The third-order valence-corrected chi connectivity index (χ3v) is 12.4. The van der Waals surface area contributed by atoms with E-state index >= 15 is 0 Å². The Hall–Kier alpha value is -3.06. The lowest BCUT2D eigenvalue weighted by Gasteiger charge is -2.21. The van der Waals surface area contributed by atoms with Crippen molar-refractivity contribution in [1.82, 2.24) is 9.55 Å². The van der Waals surface area contributed by atoms with Crippen LogP contribution in [-0.2, 0) is 46.3 Å². The first kappa shape index (κ1) is 56.1. The van der Waals surface area contributed by atoms with E-state index in [1.54, 1.807) is 6.08 Å². The van der Waals surface area contributed by atoms with Gasteiger partial charge in [-0.05, 0) is 44.1 Å². The normalized spacial score (nSPS) is 21.0. The highest BCUT2D eigenvalue weighted by Crippen LogP contribution is 2.60. The van der Waals surface area contributed by atoms with Gasteiger partial charge in [0, 0.05) is 19.0 Å². The number of nitrogens with zero attached hydrogens (tertiary/aromatic N) is 2. The van der Waals surface area contributed by atoms with E-state index in [4.69, 9.17) is 29.0 Å². The number of phosphoric acid groups is 2. The third-order valence-electron chi connectivity index (χ3n) is 9.77. The van der Waals surface area contributed by atoms with Crippen molar-refractivity contribution in [3.63, 3.8) is 0 Å². The van der Waals surface area contributed by atoms with Crippen LogP contribution in [0.5, 0.6) is 0 Å². The zero-order chi connectivity index (χ0) is 46.7. The molecular weight excluding hydrogens is 864 g/mol. The second kappa shape index (κ2) is 31.0. The van der Waals surface area contributed by atoms with E-state index in [9.17, 15) is 48.6 Å². The summed E-state index contributed by atoms with van der Waals surface area (Å²) in [6, 6.07) is 1.24. The number of aliphatic hydroxyl groups excluding tert-OH is 3. The van der Waals surface area contributed by atoms with Gasteiger partial charge >= 0.3 is 33.3 Å². The van der Waals surface area contributed by atoms with E-state index < -0.39 is 89.8 Å². The van der Waals surface area contributed by atoms with Crippen LogP contribution in [-0.4, -0.2) is 96.9 Å². The minimum Gasteiger partial charge on any atom is -0.462 e. The van der Waals surface area contributed by atoms with Crippen LogP contribution in [0.2, 0.25) is 0 Å². The Kier molecular flexibility index (Phi) is 27.6. The van der Waals surface area contributed by atoms with E-state index in [1.165, 1.54) is 6.07 Å². The maximum Gasteiger partial charge on any atom is 0.481 e. The molecule has 0 amide bonds. The smallest absolute Gasteiger partial charge is 0.462 e. The summed E-state index contributed by atoms with van der Waals surface area (Å²) in [5.41, 5.74) is 4.56. The first-order valence-corrected chi connectivity index (χ1v) is 25.0. The van der Waals surface area contributed by atoms with Crippen molar-refractivity contribution in [2.45, 2.75) is 167 Å². The molecule has 1 aromatic rings. The summed E-state index contributed by atoms with van der Waals surface area (Å²) in [4.78, 5) is 61.5. The molecule has 1 aliphatic heterocycles. The van der Waals surface area contributed by atoms with E-state index in [0.717, 1.165) is 87.8 Å². The number of ether oxygens (including phenoxy) is 3. The average Bonchev–Trinajstić information content (AvgIpc) is 3.49. The summed E-state index contributed by atoms with van der Waals surface area (Å²) in [6.07, 6.45) is 17.5. The fourth-order valence-corrected chi connectivity index (χ4v) is 8.44. The van der Waals surface area contributed by atoms with Crippen LogP contribution in [0, 0.1) is 5.92 Å². The number of nitrogen functional groups attached to an aromatic ring is 1. The fraction of sp³-hybridized carbons (Fsp3) is 0.714. The molecule has 0 spiro atoms. The van der Waals surface area contributed by atoms with Gasteiger partial charge in [-0.3, -0.25) is 23.2 Å². The standard InChI is InChI=1S/C42H71N3O16P2/c1-4-5-6-7-8-13-18-23-33(46)24-19-14-11-16-20-25-37(47)56-29-34(59-38(48)26-21-15-10-9-12-17-22-32(2)3)30-57-62(52,53)61-63(54,55)58-31-35-39(49)40(50)41(60-35)45-28-27-36(43)44-42(45)51/h5-6,8,13,18,23,27-28,32-35,39-41,46,49-50H,4,7,9-12,14-17,19-22,24-26,29-31H2,1-3H3,(H,52,53)(H,54,55)(H2,43,44,51)/b6-5+,13-8+,23-18+/t33?,34-,35-,39-,40-,41-/m1/s1. The highest BCUT2D eigenvalue weighted by atomic mass is 31.3. The molecule has 0 aliphatic carbocycles. The van der Waals surface area contributed by atoms with Gasteiger partial charge in [-0.15, -0.1) is 0 Å². The van der Waals surface area contributed by atoms with Crippen molar-refractivity contribution in [3.05, 3.63) is 59.2 Å². The van der Waals surface area contributed by atoms with Crippen molar-refractivity contribution in [2.75, 3.05) is 25.6 Å². The number of carbonyl (C=O) groups is 2. The van der Waals surface area contributed by atoms with Crippen LogP contribution >= 0.6 is 15.6 Å². The number of nitrogens with two attached hydrogens (primary N) is 1. The first-order valence-electron chi connectivity index (χ1n) is 22.0. The van der Waals surface area contributed by atoms with Crippen molar-refractivity contribution in [3.8, 4) is 0 Å². The van der Waals surface area contributed by atoms with E-state index in [0.29, 0.717) is 25.2 Å². The Morgan fingerprint density at radius 2 is 1.48 bits per heavy atom. The van der Waals surface area contributed by atoms with Crippen LogP contribution < -0.4 is 11.4 Å². The molecule has 63 heavy (non-hydrogen) atoms. The van der Waals surface area contributed by atoms with Crippen molar-refractivity contribution in [2.24, 2.45) is 5.92 Å². The highest BCUT2D eigenvalue weighted by molar-refractivity contribution is 7.61. The van der Waals surface area contributed by atoms with Gasteiger partial charge in [-0.1, -0.05) is 121 Å². The molecule has 3 unspecified atom stereocenters. The number of aromatic nitrogens is 2. The highest BCUT2D eigenvalue weighted by Gasteiger charge is 2.46. The zero-order valence-electron chi connectivity index (χ0n) is 36.9. The third kappa shape index (κ3) is 25.3. The predicted molar refractivity (Wildman–Crippen MR) is 235 cm³/mol. The number of allylic oxidation sites excluding steroid dienone is 5. The van der Waals surface area contributed by atoms with Gasteiger partial charge in [-0.25, -0.2) is 13.9 Å². The Bertz CT molecular complexity index is 1720. The number of anilines is 1. The van der Waals surface area contributed by atoms with Gasteiger partial charge in [0.15, 0.2) is 12.3 Å². The van der Waals surface area contributed by atoms with Crippen molar-refractivity contribution in [1.29, 1.82) is 0 Å². The molecule has 1 aliphatic rings. The molecular formula is C42H71N3O16P2. The number of esters is 2. The van der Waals surface area contributed by atoms with E-state index in [-0.39, 0.29) is 18.7 Å². The Labute approximate surface area is 370 Å². The maximum atomic E-state index is 12.8. The Morgan fingerprint density at radius 1 is 0.857 bits per heavy atom. The van der Waals surface area contributed by atoms with Gasteiger partial charge < -0.3 is 45.1 Å². The number of unbranched alkanes of at least 4 members (excludes halogenated alkanes) is 9. The SMILES string of the molecule is CC/C=C/C/C=C/C=C/C(O)CCCCCCCC(=O)OC[C@H](COP(=O)(O)OP(=O)(O)OC[C@H]1O[C@@H](n2ccc(N)nc2=O)[C@H](O)[C@@H]1O)OC(=O)CCCCCCCCC(C)C. The summed E-state index contributed by atoms with van der Waals surface area (Å²) in [5, 5.41) is 31.0. The molecule has 1 aromatic heterocycles. The number of aliphatic hydroxyl groups is 3. The van der Waals surface area contributed by atoms with Crippen LogP contribution in [0.25, 0.3) is 0 Å². The van der Waals surface area contributed by atoms with E-state index in [2.05, 4.69) is 42.2 Å². The summed E-state index contributed by atoms with van der Waals surface area (Å²) in [6.45, 7) is 4.06. The molecule has 1 fully saturated rings. The van der Waals surface area contributed by atoms with Crippen LogP contribution in [0.15, 0.2) is 53.5 Å². The Balaban J connectivity index is 1.85. The van der Waals surface area contributed by atoms with E-state index in [1.807, 2.05) is 18.2 Å². The maximum absolute atomic E-state index is 12.8. The molecule has 0 saturated carbocycles. The number of hydrogen-bond acceptors (Lipinski definition) is 16. The number of rotatable bonds is 34. The molecule has 0 bridgehead atoms. The van der Waals surface area contributed by atoms with Crippen molar-refractivity contribution < 1.29 is 71.4 Å². The fourth-order valence-electron chi connectivity index (χ4n) is 6.33. The summed E-state index contributed by atoms with van der Waals surface area (Å²) < 4.78 is 56.4. The van der Waals surface area contributed by atoms with Gasteiger partial charge in [-0.2, -0.15) is 9.29 Å². The van der Waals surface area contributed by atoms with Gasteiger partial charge in [0.1, 0.15) is 30.7 Å². The summed E-state index contributed by atoms with van der Waals surface area (Å²) >= 11 is 0. The van der Waals surface area contributed by atoms with Crippen LogP contribution in [0.3, 0.4) is 0 Å². The molecule has 0 aromatic carbocycles. The molecule has 7 N–H and O–H groups in total. The molecule has 19 nitrogen and oxygen atoms in total. The van der Waals surface area contributed by atoms with Crippen LogP contribution in [0.4, 0.5) is 5.82 Å². The lowest BCUT2D eigenvalue weighted by Crippen LogP contribution is -2.36.